The van der Waals surface area contributed by atoms with Crippen LogP contribution in [0, 0.1) is 17.1 Å². The predicted octanol–water partition coefficient (Wildman–Crippen LogP) is 1.90. The molecular formula is C19H13FN4O2. The summed E-state index contributed by atoms with van der Waals surface area (Å²) in [7, 11) is 0. The second kappa shape index (κ2) is 6.08. The molecule has 0 saturated heterocycles. The number of hydrogen-bond donors (Lipinski definition) is 0. The number of nitriles is 1. The van der Waals surface area contributed by atoms with Gasteiger partial charge in [-0.1, -0.05) is 6.07 Å². The van der Waals surface area contributed by atoms with E-state index in [-0.39, 0.29) is 18.0 Å². The monoisotopic (exact) mass is 348 g/mol. The van der Waals surface area contributed by atoms with Gasteiger partial charge in [0.15, 0.2) is 0 Å². The lowest BCUT2D eigenvalue weighted by molar-refractivity contribution is 0.0732. The summed E-state index contributed by atoms with van der Waals surface area (Å²) in [5.41, 5.74) is 1.84. The summed E-state index contributed by atoms with van der Waals surface area (Å²) in [6, 6.07) is 11.2. The lowest BCUT2D eigenvalue weighted by Gasteiger charge is -2.28. The topological polar surface area (TPSA) is 78.5 Å². The Labute approximate surface area is 147 Å². The van der Waals surface area contributed by atoms with Crippen LogP contribution in [0.4, 0.5) is 4.39 Å². The summed E-state index contributed by atoms with van der Waals surface area (Å²) < 4.78 is 14.6. The molecule has 6 nitrogen and oxygen atoms in total. The van der Waals surface area contributed by atoms with Crippen molar-refractivity contribution in [1.29, 1.82) is 5.26 Å². The number of hydrogen-bond acceptors (Lipinski definition) is 4. The van der Waals surface area contributed by atoms with Gasteiger partial charge in [-0.2, -0.15) is 5.26 Å². The molecule has 0 N–H and O–H groups in total. The summed E-state index contributed by atoms with van der Waals surface area (Å²) >= 11 is 0. The number of fused-ring (bicyclic) bond motifs is 2. The van der Waals surface area contributed by atoms with Gasteiger partial charge in [-0.15, -0.1) is 0 Å². The number of carbonyl (C=O) groups is 1. The van der Waals surface area contributed by atoms with Crippen LogP contribution >= 0.6 is 0 Å². The highest BCUT2D eigenvalue weighted by Gasteiger charge is 2.26. The van der Waals surface area contributed by atoms with Crippen molar-refractivity contribution in [3.63, 3.8) is 0 Å². The Bertz CT molecular complexity index is 1150. The van der Waals surface area contributed by atoms with E-state index < -0.39 is 5.82 Å². The van der Waals surface area contributed by atoms with E-state index in [1.165, 1.54) is 22.6 Å². The zero-order valence-electron chi connectivity index (χ0n) is 13.6. The third kappa shape index (κ3) is 2.62. The van der Waals surface area contributed by atoms with Gasteiger partial charge in [0, 0.05) is 24.7 Å². The van der Waals surface area contributed by atoms with Crippen molar-refractivity contribution in [2.45, 2.75) is 13.0 Å². The summed E-state index contributed by atoms with van der Waals surface area (Å²) in [4.78, 5) is 31.4. The highest BCUT2D eigenvalue weighted by atomic mass is 19.1. The van der Waals surface area contributed by atoms with Crippen LogP contribution in [0.25, 0.3) is 5.65 Å². The van der Waals surface area contributed by atoms with Crippen LogP contribution in [0.3, 0.4) is 0 Å². The number of benzene rings is 1. The summed E-state index contributed by atoms with van der Waals surface area (Å²) in [6.45, 7) is 0.530. The quantitative estimate of drug-likeness (QED) is 0.673. The van der Waals surface area contributed by atoms with E-state index in [4.69, 9.17) is 5.26 Å². The van der Waals surface area contributed by atoms with Gasteiger partial charge < -0.3 is 4.90 Å². The van der Waals surface area contributed by atoms with E-state index in [1.807, 2.05) is 6.07 Å². The number of halogens is 1. The van der Waals surface area contributed by atoms with Gasteiger partial charge in [0.25, 0.3) is 11.5 Å². The van der Waals surface area contributed by atoms with Crippen LogP contribution in [-0.2, 0) is 13.0 Å². The van der Waals surface area contributed by atoms with Gasteiger partial charge in [-0.05, 0) is 30.3 Å². The molecule has 1 aromatic carbocycles. The normalized spacial score (nSPS) is 13.3. The van der Waals surface area contributed by atoms with Crippen LogP contribution in [0.15, 0.2) is 47.4 Å². The van der Waals surface area contributed by atoms with Gasteiger partial charge in [-0.25, -0.2) is 9.37 Å². The van der Waals surface area contributed by atoms with Gasteiger partial charge >= 0.3 is 0 Å². The fourth-order valence-electron chi connectivity index (χ4n) is 3.15. The Morgan fingerprint density at radius 2 is 2.12 bits per heavy atom. The van der Waals surface area contributed by atoms with Gasteiger partial charge in [0.2, 0.25) is 0 Å². The third-order valence-corrected chi connectivity index (χ3v) is 4.46. The molecule has 0 saturated carbocycles. The van der Waals surface area contributed by atoms with Crippen molar-refractivity contribution in [3.8, 4) is 6.07 Å². The SMILES string of the molecule is N#Cc1cccc(C(=O)N2CCc3nc4ccc(F)cn4c(=O)c3C2)c1. The first-order valence-corrected chi connectivity index (χ1v) is 8.06. The number of carbonyl (C=O) groups excluding carboxylic acids is 1. The lowest BCUT2D eigenvalue weighted by atomic mass is 10.0. The van der Waals surface area contributed by atoms with E-state index in [2.05, 4.69) is 4.98 Å². The van der Waals surface area contributed by atoms with Crippen LogP contribution in [0.2, 0.25) is 0 Å². The minimum absolute atomic E-state index is 0.107. The van der Waals surface area contributed by atoms with Crippen molar-refractivity contribution in [2.75, 3.05) is 6.54 Å². The van der Waals surface area contributed by atoms with E-state index >= 15 is 0 Å². The molecule has 4 rings (SSSR count). The summed E-state index contributed by atoms with van der Waals surface area (Å²) in [6.07, 6.45) is 1.55. The fourth-order valence-corrected chi connectivity index (χ4v) is 3.15. The standard InChI is InChI=1S/C19H13FN4O2/c20-14-4-5-17-22-16-6-7-23(11-15(16)19(26)24(17)10-14)18(25)13-3-1-2-12(8-13)9-21/h1-5,8,10H,6-7,11H2. The molecule has 1 aliphatic rings. The second-order valence-electron chi connectivity index (χ2n) is 6.09. The first-order valence-electron chi connectivity index (χ1n) is 8.06. The Balaban J connectivity index is 1.72. The molecule has 1 aliphatic heterocycles. The molecule has 128 valence electrons. The number of nitrogens with zero attached hydrogens (tertiary/aromatic N) is 4. The number of aromatic nitrogens is 2. The second-order valence-corrected chi connectivity index (χ2v) is 6.09. The van der Waals surface area contributed by atoms with Crippen molar-refractivity contribution in [3.05, 3.63) is 81.2 Å². The van der Waals surface area contributed by atoms with Crippen LogP contribution in [0.5, 0.6) is 0 Å². The Morgan fingerprint density at radius 3 is 2.92 bits per heavy atom. The average Bonchev–Trinajstić information content (AvgIpc) is 2.68. The molecule has 0 radical (unpaired) electrons. The summed E-state index contributed by atoms with van der Waals surface area (Å²) in [5.74, 6) is -0.783. The van der Waals surface area contributed by atoms with Crippen molar-refractivity contribution < 1.29 is 9.18 Å². The molecule has 3 heterocycles. The zero-order chi connectivity index (χ0) is 18.3. The molecular weight excluding hydrogens is 335 g/mol. The van der Waals surface area contributed by atoms with Crippen molar-refractivity contribution in [1.82, 2.24) is 14.3 Å². The van der Waals surface area contributed by atoms with Crippen LogP contribution < -0.4 is 5.56 Å². The van der Waals surface area contributed by atoms with Crippen molar-refractivity contribution in [2.24, 2.45) is 0 Å². The molecule has 0 spiro atoms. The van der Waals surface area contributed by atoms with Gasteiger partial charge in [-0.3, -0.25) is 14.0 Å². The first-order chi connectivity index (χ1) is 12.6. The molecule has 0 bridgehead atoms. The highest BCUT2D eigenvalue weighted by molar-refractivity contribution is 5.94. The molecule has 26 heavy (non-hydrogen) atoms. The number of rotatable bonds is 1. The van der Waals surface area contributed by atoms with E-state index in [9.17, 15) is 14.0 Å². The number of pyridine rings is 1. The van der Waals surface area contributed by atoms with Crippen LogP contribution in [0.1, 0.15) is 27.2 Å². The third-order valence-electron chi connectivity index (χ3n) is 4.46. The molecule has 2 aromatic heterocycles. The highest BCUT2D eigenvalue weighted by Crippen LogP contribution is 2.18. The molecule has 0 fully saturated rings. The molecule has 0 unspecified atom stereocenters. The largest absolute Gasteiger partial charge is 0.334 e. The lowest BCUT2D eigenvalue weighted by Crippen LogP contribution is -2.40. The van der Waals surface area contributed by atoms with Crippen molar-refractivity contribution >= 4 is 11.6 Å². The average molecular weight is 348 g/mol. The Kier molecular flexibility index (Phi) is 3.73. The zero-order valence-corrected chi connectivity index (χ0v) is 13.6. The Hall–Kier alpha value is -3.53. The predicted molar refractivity (Wildman–Crippen MR) is 91.0 cm³/mol. The molecule has 1 amide bonds. The summed E-state index contributed by atoms with van der Waals surface area (Å²) in [5, 5.41) is 8.99. The maximum absolute atomic E-state index is 13.5. The minimum atomic E-state index is -0.529. The molecule has 0 atom stereocenters. The van der Waals surface area contributed by atoms with Gasteiger partial charge in [0.05, 0.1) is 29.4 Å². The minimum Gasteiger partial charge on any atom is -0.334 e. The first kappa shape index (κ1) is 16.0. The molecule has 7 heteroatoms. The Morgan fingerprint density at radius 1 is 1.27 bits per heavy atom. The maximum Gasteiger partial charge on any atom is 0.263 e. The van der Waals surface area contributed by atoms with E-state index in [0.29, 0.717) is 41.0 Å². The molecule has 0 aliphatic carbocycles. The smallest absolute Gasteiger partial charge is 0.263 e. The maximum atomic E-state index is 13.5. The van der Waals surface area contributed by atoms with E-state index in [1.54, 1.807) is 23.1 Å². The molecule has 3 aromatic rings. The fraction of sp³-hybridized carbons (Fsp3) is 0.158. The van der Waals surface area contributed by atoms with E-state index in [0.717, 1.165) is 6.20 Å². The van der Waals surface area contributed by atoms with Crippen LogP contribution in [-0.4, -0.2) is 26.7 Å². The number of amides is 1. The van der Waals surface area contributed by atoms with Gasteiger partial charge in [0.1, 0.15) is 11.5 Å².